The van der Waals surface area contributed by atoms with E-state index in [1.807, 2.05) is 4.90 Å². The second-order valence-corrected chi connectivity index (χ2v) is 8.54. The molecule has 8 heteroatoms. The minimum absolute atomic E-state index is 0.0568. The molecule has 0 aromatic carbocycles. The van der Waals surface area contributed by atoms with Gasteiger partial charge in [-0.15, -0.1) is 0 Å². The van der Waals surface area contributed by atoms with E-state index < -0.39 is 0 Å². The molecule has 1 aromatic heterocycles. The first-order chi connectivity index (χ1) is 13.1. The maximum Gasteiger partial charge on any atom is 0.308 e. The summed E-state index contributed by atoms with van der Waals surface area (Å²) >= 11 is 1.58. The van der Waals surface area contributed by atoms with E-state index in [0.29, 0.717) is 32.4 Å². The fraction of sp³-hybridized carbons (Fsp3) is 0.684. The summed E-state index contributed by atoms with van der Waals surface area (Å²) in [6.45, 7) is 1.14. The third kappa shape index (κ3) is 3.51. The molecule has 1 unspecified atom stereocenters. The van der Waals surface area contributed by atoms with Crippen LogP contribution in [0.25, 0.3) is 0 Å². The first-order valence-electron chi connectivity index (χ1n) is 9.71. The molecule has 1 aromatic rings. The van der Waals surface area contributed by atoms with Gasteiger partial charge in [-0.2, -0.15) is 0 Å². The predicted molar refractivity (Wildman–Crippen MR) is 101 cm³/mol. The normalized spacial score (nSPS) is 22.3. The Kier molecular flexibility index (Phi) is 5.25. The average molecular weight is 391 g/mol. The van der Waals surface area contributed by atoms with E-state index >= 15 is 0 Å². The number of nitrogens with zero attached hydrogens (tertiary/aromatic N) is 3. The van der Waals surface area contributed by atoms with Gasteiger partial charge in [-0.3, -0.25) is 19.0 Å². The van der Waals surface area contributed by atoms with Crippen LogP contribution in [0.1, 0.15) is 49.4 Å². The van der Waals surface area contributed by atoms with E-state index in [0.717, 1.165) is 47.8 Å². The van der Waals surface area contributed by atoms with Crippen LogP contribution >= 0.6 is 11.8 Å². The molecule has 0 radical (unpaired) electrons. The number of piperidine rings is 1. The first-order valence-corrected chi connectivity index (χ1v) is 10.7. The van der Waals surface area contributed by atoms with Crippen molar-refractivity contribution in [1.29, 1.82) is 0 Å². The van der Waals surface area contributed by atoms with Crippen LogP contribution in [0, 0.1) is 5.92 Å². The third-order valence-electron chi connectivity index (χ3n) is 5.91. The molecule has 1 amide bonds. The molecule has 146 valence electrons. The van der Waals surface area contributed by atoms with Gasteiger partial charge in [-0.1, -0.05) is 11.8 Å². The van der Waals surface area contributed by atoms with Gasteiger partial charge in [0.25, 0.3) is 5.56 Å². The van der Waals surface area contributed by atoms with Crippen molar-refractivity contribution >= 4 is 23.6 Å². The number of aryl methyl sites for hydroxylation is 1. The number of aromatic nitrogens is 2. The molecule has 1 fully saturated rings. The fourth-order valence-corrected chi connectivity index (χ4v) is 5.48. The first kappa shape index (κ1) is 18.5. The molecule has 0 saturated carbocycles. The highest BCUT2D eigenvalue weighted by atomic mass is 32.2. The number of carbonyl (C=O) groups excluding carboxylic acids is 2. The smallest absolute Gasteiger partial charge is 0.308 e. The molecule has 27 heavy (non-hydrogen) atoms. The molecule has 1 aliphatic carbocycles. The van der Waals surface area contributed by atoms with Crippen molar-refractivity contribution in [1.82, 2.24) is 14.5 Å². The Morgan fingerprint density at radius 3 is 2.70 bits per heavy atom. The van der Waals surface area contributed by atoms with Crippen LogP contribution in [0.3, 0.4) is 0 Å². The van der Waals surface area contributed by atoms with Gasteiger partial charge in [-0.05, 0) is 38.5 Å². The molecule has 3 heterocycles. The minimum atomic E-state index is -0.189. The lowest BCUT2D eigenvalue weighted by Gasteiger charge is -2.31. The number of hydrogen-bond acceptors (Lipinski definition) is 6. The van der Waals surface area contributed by atoms with E-state index in [1.54, 1.807) is 16.3 Å². The van der Waals surface area contributed by atoms with Gasteiger partial charge in [0.15, 0.2) is 5.16 Å². The van der Waals surface area contributed by atoms with Gasteiger partial charge >= 0.3 is 5.97 Å². The van der Waals surface area contributed by atoms with Gasteiger partial charge in [0.05, 0.1) is 24.8 Å². The monoisotopic (exact) mass is 391 g/mol. The fourth-order valence-electron chi connectivity index (χ4n) is 4.33. The van der Waals surface area contributed by atoms with E-state index in [4.69, 9.17) is 9.72 Å². The highest BCUT2D eigenvalue weighted by Gasteiger charge is 2.33. The van der Waals surface area contributed by atoms with Crippen LogP contribution in [-0.2, 0) is 27.2 Å². The summed E-state index contributed by atoms with van der Waals surface area (Å²) in [5, 5.41) is 0.767. The molecule has 1 atom stereocenters. The van der Waals surface area contributed by atoms with Crippen molar-refractivity contribution in [3.8, 4) is 0 Å². The molecule has 7 nitrogen and oxygen atoms in total. The lowest BCUT2D eigenvalue weighted by Crippen LogP contribution is -2.42. The van der Waals surface area contributed by atoms with Crippen LogP contribution < -0.4 is 5.56 Å². The van der Waals surface area contributed by atoms with E-state index in [1.165, 1.54) is 7.11 Å². The zero-order valence-corrected chi connectivity index (χ0v) is 16.4. The number of fused-ring (bicyclic) bond motifs is 2. The highest BCUT2D eigenvalue weighted by molar-refractivity contribution is 7.99. The Hall–Kier alpha value is -1.83. The van der Waals surface area contributed by atoms with Crippen LogP contribution in [0.15, 0.2) is 9.95 Å². The van der Waals surface area contributed by atoms with Crippen LogP contribution in [0.2, 0.25) is 0 Å². The van der Waals surface area contributed by atoms with Crippen molar-refractivity contribution < 1.29 is 14.3 Å². The lowest BCUT2D eigenvalue weighted by atomic mass is 9.96. The Balaban J connectivity index is 1.44. The summed E-state index contributed by atoms with van der Waals surface area (Å²) in [6, 6.07) is -0.122. The molecule has 1 saturated heterocycles. The lowest BCUT2D eigenvalue weighted by molar-refractivity contribution is -0.149. The van der Waals surface area contributed by atoms with Gasteiger partial charge in [0, 0.05) is 30.8 Å². The number of ether oxygens (including phenoxy) is 1. The number of likely N-dealkylation sites (tertiary alicyclic amines) is 1. The summed E-state index contributed by atoms with van der Waals surface area (Å²) in [4.78, 5) is 43.9. The minimum Gasteiger partial charge on any atom is -0.469 e. The third-order valence-corrected chi connectivity index (χ3v) is 7.01. The van der Waals surface area contributed by atoms with Crippen LogP contribution in [0.5, 0.6) is 0 Å². The zero-order valence-electron chi connectivity index (χ0n) is 15.6. The largest absolute Gasteiger partial charge is 0.469 e. The number of rotatable bonds is 3. The summed E-state index contributed by atoms with van der Waals surface area (Å²) in [7, 11) is 1.40. The number of hydrogen-bond donors (Lipinski definition) is 0. The number of esters is 1. The van der Waals surface area contributed by atoms with E-state index in [9.17, 15) is 14.4 Å². The molecule has 3 aliphatic rings. The van der Waals surface area contributed by atoms with Crippen molar-refractivity contribution in [3.63, 3.8) is 0 Å². The van der Waals surface area contributed by atoms with Gasteiger partial charge in [-0.25, -0.2) is 4.98 Å². The number of carbonyl (C=O) groups is 2. The Labute approximate surface area is 162 Å². The second kappa shape index (κ2) is 7.66. The number of thioether (sulfide) groups is 1. The molecule has 4 rings (SSSR count). The van der Waals surface area contributed by atoms with Crippen LogP contribution in [-0.4, -0.2) is 52.3 Å². The number of amides is 1. The van der Waals surface area contributed by atoms with Crippen molar-refractivity contribution in [2.24, 2.45) is 5.92 Å². The number of methoxy groups -OCH3 is 1. The molecular weight excluding hydrogens is 366 g/mol. The van der Waals surface area contributed by atoms with Gasteiger partial charge in [0.2, 0.25) is 5.91 Å². The van der Waals surface area contributed by atoms with Crippen molar-refractivity contribution in [2.75, 3.05) is 26.0 Å². The maximum atomic E-state index is 13.0. The van der Waals surface area contributed by atoms with Crippen LogP contribution in [0.4, 0.5) is 0 Å². The highest BCUT2D eigenvalue weighted by Crippen LogP contribution is 2.34. The van der Waals surface area contributed by atoms with E-state index in [-0.39, 0.29) is 29.4 Å². The van der Waals surface area contributed by atoms with Gasteiger partial charge in [0.1, 0.15) is 0 Å². The summed E-state index contributed by atoms with van der Waals surface area (Å²) in [5.74, 6) is 0.474. The molecule has 0 bridgehead atoms. The second-order valence-electron chi connectivity index (χ2n) is 7.55. The zero-order chi connectivity index (χ0) is 19.0. The summed E-state index contributed by atoms with van der Waals surface area (Å²) in [6.07, 6.45) is 5.42. The molecule has 2 aliphatic heterocycles. The standard InChI is InChI=1S/C19H25N3O4S/c1-26-18(25)12-6-8-21(9-7-12)16(23)10-13-11-27-19-20-15-5-3-2-4-14(15)17(24)22(13)19/h12-13H,2-11H2,1H3. The Bertz CT molecular complexity index is 814. The van der Waals surface area contributed by atoms with Gasteiger partial charge < -0.3 is 9.64 Å². The molecule has 0 spiro atoms. The Morgan fingerprint density at radius 2 is 1.96 bits per heavy atom. The van der Waals surface area contributed by atoms with Crippen molar-refractivity contribution in [3.05, 3.63) is 21.6 Å². The molecule has 0 N–H and O–H groups in total. The molecular formula is C19H25N3O4S. The maximum absolute atomic E-state index is 13.0. The SMILES string of the molecule is COC(=O)C1CCN(C(=O)CC2CSc3nc4c(c(=O)n32)CCCC4)CC1. The summed E-state index contributed by atoms with van der Waals surface area (Å²) in [5.41, 5.74) is 1.87. The topological polar surface area (TPSA) is 81.5 Å². The quantitative estimate of drug-likeness (QED) is 0.575. The summed E-state index contributed by atoms with van der Waals surface area (Å²) < 4.78 is 6.56. The Morgan fingerprint density at radius 1 is 1.22 bits per heavy atom. The predicted octanol–water partition coefficient (Wildman–Crippen LogP) is 1.57. The van der Waals surface area contributed by atoms with Crippen molar-refractivity contribution in [2.45, 2.75) is 56.1 Å². The average Bonchev–Trinajstić information content (AvgIpc) is 3.10. The van der Waals surface area contributed by atoms with E-state index in [2.05, 4.69) is 0 Å².